The second-order valence-corrected chi connectivity index (χ2v) is 6.16. The average Bonchev–Trinajstić information content (AvgIpc) is 2.62. The maximum Gasteiger partial charge on any atom is 0.255 e. The predicted octanol–water partition coefficient (Wildman–Crippen LogP) is 2.64. The second-order valence-electron chi connectivity index (χ2n) is 5.75. The first-order valence-corrected chi connectivity index (χ1v) is 8.20. The van der Waals surface area contributed by atoms with Crippen LogP contribution < -0.4 is 0 Å². The number of rotatable bonds is 2. The summed E-state index contributed by atoms with van der Waals surface area (Å²) in [6.07, 6.45) is 1.60. The molecule has 1 fully saturated rings. The zero-order valence-electron chi connectivity index (χ0n) is 13.4. The van der Waals surface area contributed by atoms with Gasteiger partial charge in [-0.15, -0.1) is 0 Å². The van der Waals surface area contributed by atoms with E-state index in [1.165, 1.54) is 0 Å². The van der Waals surface area contributed by atoms with Crippen LogP contribution in [0.5, 0.6) is 0 Å². The predicted molar refractivity (Wildman–Crippen MR) is 92.2 cm³/mol. The molecule has 2 heterocycles. The van der Waals surface area contributed by atoms with Gasteiger partial charge < -0.3 is 9.80 Å². The zero-order chi connectivity index (χ0) is 17.1. The van der Waals surface area contributed by atoms with Crippen molar-refractivity contribution in [2.24, 2.45) is 0 Å². The number of aromatic nitrogens is 1. The van der Waals surface area contributed by atoms with E-state index in [-0.39, 0.29) is 11.8 Å². The molecule has 1 saturated heterocycles. The third kappa shape index (κ3) is 3.41. The van der Waals surface area contributed by atoms with Crippen LogP contribution in [0, 0.1) is 6.92 Å². The summed E-state index contributed by atoms with van der Waals surface area (Å²) >= 11 is 6.09. The molecule has 2 amide bonds. The largest absolute Gasteiger partial charge is 0.335 e. The lowest BCUT2D eigenvalue weighted by molar-refractivity contribution is 0.0535. The zero-order valence-corrected chi connectivity index (χ0v) is 14.2. The van der Waals surface area contributed by atoms with Gasteiger partial charge in [-0.3, -0.25) is 14.6 Å². The van der Waals surface area contributed by atoms with E-state index in [1.807, 2.05) is 13.0 Å². The highest BCUT2D eigenvalue weighted by atomic mass is 35.5. The van der Waals surface area contributed by atoms with Crippen molar-refractivity contribution in [3.63, 3.8) is 0 Å². The van der Waals surface area contributed by atoms with E-state index in [4.69, 9.17) is 11.6 Å². The minimum Gasteiger partial charge on any atom is -0.335 e. The summed E-state index contributed by atoms with van der Waals surface area (Å²) in [6, 6.07) is 10.6. The molecule has 0 bridgehead atoms. The van der Waals surface area contributed by atoms with Crippen LogP contribution in [-0.2, 0) is 0 Å². The Labute approximate surface area is 145 Å². The van der Waals surface area contributed by atoms with Crippen molar-refractivity contribution in [1.82, 2.24) is 14.8 Å². The molecule has 1 aromatic carbocycles. The van der Waals surface area contributed by atoms with Crippen molar-refractivity contribution >= 4 is 23.4 Å². The van der Waals surface area contributed by atoms with E-state index in [0.717, 1.165) is 5.69 Å². The number of hydrogen-bond donors (Lipinski definition) is 0. The molecule has 0 aliphatic carbocycles. The SMILES string of the molecule is Cc1ccc(C(=O)N2CCN(C(=O)c3ccccc3Cl)CC2)cn1. The summed E-state index contributed by atoms with van der Waals surface area (Å²) in [7, 11) is 0. The maximum atomic E-state index is 12.5. The molecule has 0 radical (unpaired) electrons. The molecule has 0 saturated carbocycles. The van der Waals surface area contributed by atoms with Crippen molar-refractivity contribution in [3.05, 3.63) is 64.4 Å². The number of hydrogen-bond acceptors (Lipinski definition) is 3. The number of aryl methyl sites for hydroxylation is 1. The van der Waals surface area contributed by atoms with Gasteiger partial charge >= 0.3 is 0 Å². The van der Waals surface area contributed by atoms with Gasteiger partial charge in [-0.25, -0.2) is 0 Å². The summed E-state index contributed by atoms with van der Waals surface area (Å²) < 4.78 is 0. The van der Waals surface area contributed by atoms with Crippen LogP contribution >= 0.6 is 11.6 Å². The lowest BCUT2D eigenvalue weighted by atomic mass is 10.1. The molecule has 124 valence electrons. The molecular weight excluding hydrogens is 326 g/mol. The summed E-state index contributed by atoms with van der Waals surface area (Å²) in [5, 5.41) is 0.451. The minimum atomic E-state index is -0.0929. The first-order chi connectivity index (χ1) is 11.6. The van der Waals surface area contributed by atoms with E-state index in [0.29, 0.717) is 42.3 Å². The van der Waals surface area contributed by atoms with Crippen molar-refractivity contribution in [3.8, 4) is 0 Å². The standard InChI is InChI=1S/C18H18ClN3O2/c1-13-6-7-14(12-20-13)17(23)21-8-10-22(11-9-21)18(24)15-4-2-3-5-16(15)19/h2-7,12H,8-11H2,1H3. The molecule has 1 aromatic heterocycles. The number of carbonyl (C=O) groups excluding carboxylic acids is 2. The van der Waals surface area contributed by atoms with Crippen molar-refractivity contribution in [2.75, 3.05) is 26.2 Å². The smallest absolute Gasteiger partial charge is 0.255 e. The van der Waals surface area contributed by atoms with E-state index in [9.17, 15) is 9.59 Å². The Morgan fingerprint density at radius 3 is 2.17 bits per heavy atom. The number of piperazine rings is 1. The molecule has 0 unspecified atom stereocenters. The van der Waals surface area contributed by atoms with E-state index in [2.05, 4.69) is 4.98 Å². The Morgan fingerprint density at radius 1 is 0.958 bits per heavy atom. The topological polar surface area (TPSA) is 53.5 Å². The number of pyridine rings is 1. The number of carbonyl (C=O) groups is 2. The van der Waals surface area contributed by atoms with Gasteiger partial charge in [0.05, 0.1) is 16.1 Å². The van der Waals surface area contributed by atoms with Crippen LogP contribution in [0.15, 0.2) is 42.6 Å². The molecule has 0 N–H and O–H groups in total. The first-order valence-electron chi connectivity index (χ1n) is 7.82. The number of amides is 2. The highest BCUT2D eigenvalue weighted by Crippen LogP contribution is 2.18. The van der Waals surface area contributed by atoms with Gasteiger partial charge in [-0.2, -0.15) is 0 Å². The highest BCUT2D eigenvalue weighted by Gasteiger charge is 2.26. The van der Waals surface area contributed by atoms with Crippen LogP contribution in [0.25, 0.3) is 0 Å². The fourth-order valence-corrected chi connectivity index (χ4v) is 2.91. The van der Waals surface area contributed by atoms with Crippen molar-refractivity contribution in [1.29, 1.82) is 0 Å². The fourth-order valence-electron chi connectivity index (χ4n) is 2.69. The van der Waals surface area contributed by atoms with Gasteiger partial charge in [0.25, 0.3) is 11.8 Å². The summed E-state index contributed by atoms with van der Waals surface area (Å²) in [4.78, 5) is 32.7. The van der Waals surface area contributed by atoms with Gasteiger partial charge in [0, 0.05) is 38.1 Å². The number of halogens is 1. The van der Waals surface area contributed by atoms with Crippen LogP contribution in [0.1, 0.15) is 26.4 Å². The minimum absolute atomic E-state index is 0.0488. The first kappa shape index (κ1) is 16.5. The van der Waals surface area contributed by atoms with Crippen molar-refractivity contribution < 1.29 is 9.59 Å². The molecular formula is C18H18ClN3O2. The van der Waals surface area contributed by atoms with Crippen LogP contribution in [0.2, 0.25) is 5.02 Å². The quantitative estimate of drug-likeness (QED) is 0.842. The molecule has 0 spiro atoms. The monoisotopic (exact) mass is 343 g/mol. The van der Waals surface area contributed by atoms with Crippen LogP contribution in [0.4, 0.5) is 0 Å². The third-order valence-corrected chi connectivity index (χ3v) is 4.45. The summed E-state index contributed by atoms with van der Waals surface area (Å²) in [5.41, 5.74) is 1.95. The van der Waals surface area contributed by atoms with Gasteiger partial charge in [-0.05, 0) is 31.2 Å². The summed E-state index contributed by atoms with van der Waals surface area (Å²) in [5.74, 6) is -0.142. The Bertz CT molecular complexity index is 753. The van der Waals surface area contributed by atoms with Gasteiger partial charge in [0.15, 0.2) is 0 Å². The Hall–Kier alpha value is -2.40. The van der Waals surface area contributed by atoms with E-state index in [1.54, 1.807) is 46.3 Å². The lowest BCUT2D eigenvalue weighted by Crippen LogP contribution is -2.50. The molecule has 3 rings (SSSR count). The molecule has 6 heteroatoms. The number of benzene rings is 1. The third-order valence-electron chi connectivity index (χ3n) is 4.12. The molecule has 0 atom stereocenters. The van der Waals surface area contributed by atoms with Crippen LogP contribution in [-0.4, -0.2) is 52.8 Å². The highest BCUT2D eigenvalue weighted by molar-refractivity contribution is 6.33. The molecule has 2 aromatic rings. The average molecular weight is 344 g/mol. The summed E-state index contributed by atoms with van der Waals surface area (Å²) in [6.45, 7) is 3.88. The van der Waals surface area contributed by atoms with Crippen molar-refractivity contribution in [2.45, 2.75) is 6.92 Å². The maximum absolute atomic E-state index is 12.5. The molecule has 24 heavy (non-hydrogen) atoms. The Morgan fingerprint density at radius 2 is 1.58 bits per heavy atom. The van der Waals surface area contributed by atoms with Gasteiger partial charge in [0.1, 0.15) is 0 Å². The molecule has 1 aliphatic heterocycles. The van der Waals surface area contributed by atoms with E-state index >= 15 is 0 Å². The lowest BCUT2D eigenvalue weighted by Gasteiger charge is -2.35. The normalized spacial score (nSPS) is 14.6. The van der Waals surface area contributed by atoms with Gasteiger partial charge in [-0.1, -0.05) is 23.7 Å². The van der Waals surface area contributed by atoms with E-state index < -0.39 is 0 Å². The number of nitrogens with zero attached hydrogens (tertiary/aromatic N) is 3. The Kier molecular flexibility index (Phi) is 4.81. The molecule has 5 nitrogen and oxygen atoms in total. The fraction of sp³-hybridized carbons (Fsp3) is 0.278. The van der Waals surface area contributed by atoms with Gasteiger partial charge in [0.2, 0.25) is 0 Å². The Balaban J connectivity index is 1.63. The molecule has 1 aliphatic rings. The second kappa shape index (κ2) is 7.01. The van der Waals surface area contributed by atoms with Crippen LogP contribution in [0.3, 0.4) is 0 Å².